The molecule has 0 aliphatic rings. The monoisotopic (exact) mass is 484 g/mol. The first-order valence-corrected chi connectivity index (χ1v) is 12.5. The van der Waals surface area contributed by atoms with Crippen molar-refractivity contribution in [3.63, 3.8) is 0 Å². The van der Waals surface area contributed by atoms with Crippen LogP contribution >= 0.6 is 11.3 Å². The molecule has 4 rings (SSSR count). The largest absolute Gasteiger partial charge is 0.293 e. The number of primary sulfonamides is 1. The SMILES string of the molecule is CCc1c(Cc2ccc(S(N)(=O)=O)cc2)c(-c2ccc(F)cc2)nn1-c1nc(C(C)=O)cs1. The van der Waals surface area contributed by atoms with E-state index in [9.17, 15) is 17.6 Å². The molecule has 0 fully saturated rings. The van der Waals surface area contributed by atoms with Gasteiger partial charge in [0.15, 0.2) is 5.78 Å². The van der Waals surface area contributed by atoms with Gasteiger partial charge in [-0.25, -0.2) is 27.6 Å². The summed E-state index contributed by atoms with van der Waals surface area (Å²) in [5, 5.41) is 12.3. The third kappa shape index (κ3) is 4.77. The number of aromatic nitrogens is 3. The van der Waals surface area contributed by atoms with Crippen molar-refractivity contribution in [2.45, 2.75) is 31.6 Å². The zero-order chi connectivity index (χ0) is 23.8. The van der Waals surface area contributed by atoms with E-state index in [1.165, 1.54) is 42.5 Å². The number of Topliss-reactive ketones (excluding diaryl/α,β-unsaturated/α-hetero) is 1. The molecule has 7 nitrogen and oxygen atoms in total. The molecule has 2 heterocycles. The number of hydrogen-bond donors (Lipinski definition) is 1. The maximum absolute atomic E-state index is 13.6. The number of benzene rings is 2. The van der Waals surface area contributed by atoms with Crippen molar-refractivity contribution in [1.82, 2.24) is 14.8 Å². The molecule has 0 bridgehead atoms. The highest BCUT2D eigenvalue weighted by atomic mass is 32.2. The van der Waals surface area contributed by atoms with Gasteiger partial charge in [0, 0.05) is 29.9 Å². The number of nitrogens with two attached hydrogens (primary N) is 1. The van der Waals surface area contributed by atoms with E-state index in [-0.39, 0.29) is 16.5 Å². The third-order valence-corrected chi connectivity index (χ3v) is 6.95. The number of hydrogen-bond acceptors (Lipinski definition) is 6. The van der Waals surface area contributed by atoms with Crippen LogP contribution in [0.15, 0.2) is 58.8 Å². The number of ketones is 1. The quantitative estimate of drug-likeness (QED) is 0.397. The number of halogens is 1. The first-order valence-electron chi connectivity index (χ1n) is 10.1. The Morgan fingerprint density at radius 3 is 2.33 bits per heavy atom. The zero-order valence-corrected chi connectivity index (χ0v) is 19.6. The molecule has 2 aromatic heterocycles. The summed E-state index contributed by atoms with van der Waals surface area (Å²) in [7, 11) is -3.78. The number of carbonyl (C=O) groups excluding carboxylic acids is 1. The molecule has 10 heteroatoms. The summed E-state index contributed by atoms with van der Waals surface area (Å²) in [4.78, 5) is 16.2. The molecule has 0 atom stereocenters. The summed E-state index contributed by atoms with van der Waals surface area (Å²) in [6.07, 6.45) is 1.10. The van der Waals surface area contributed by atoms with Crippen LogP contribution in [0.5, 0.6) is 0 Å². The van der Waals surface area contributed by atoms with Crippen molar-refractivity contribution in [1.29, 1.82) is 0 Å². The molecule has 0 saturated heterocycles. The van der Waals surface area contributed by atoms with Crippen LogP contribution in [0.25, 0.3) is 16.4 Å². The highest BCUT2D eigenvalue weighted by Crippen LogP contribution is 2.31. The Hall–Kier alpha value is -3.21. The molecule has 170 valence electrons. The highest BCUT2D eigenvalue weighted by Gasteiger charge is 2.22. The molecule has 0 amide bonds. The standard InChI is InChI=1S/C23H21FN4O3S2/c1-3-21-19(12-15-4-10-18(11-5-15)33(25,30)31)22(16-6-8-17(24)9-7-16)27-28(21)23-26-20(13-32-23)14(2)29/h4-11,13H,3,12H2,1-2H3,(H2,25,30,31). The number of rotatable bonds is 7. The molecule has 0 aliphatic heterocycles. The van der Waals surface area contributed by atoms with Crippen LogP contribution < -0.4 is 5.14 Å². The lowest BCUT2D eigenvalue weighted by Crippen LogP contribution is -2.11. The molecule has 0 unspecified atom stereocenters. The normalized spacial score (nSPS) is 11.6. The van der Waals surface area contributed by atoms with Gasteiger partial charge in [-0.1, -0.05) is 19.1 Å². The van der Waals surface area contributed by atoms with Gasteiger partial charge in [0.1, 0.15) is 11.5 Å². The summed E-state index contributed by atoms with van der Waals surface area (Å²) >= 11 is 1.32. The van der Waals surface area contributed by atoms with Crippen LogP contribution in [0.1, 0.15) is 41.2 Å². The molecule has 2 N–H and O–H groups in total. The van der Waals surface area contributed by atoms with E-state index < -0.39 is 10.0 Å². The Morgan fingerprint density at radius 2 is 1.79 bits per heavy atom. The first kappa shape index (κ1) is 23.0. The van der Waals surface area contributed by atoms with E-state index in [1.54, 1.807) is 34.3 Å². The second-order valence-corrected chi connectivity index (χ2v) is 9.88. The molecule has 33 heavy (non-hydrogen) atoms. The minimum atomic E-state index is -3.78. The van der Waals surface area contributed by atoms with Crippen LogP contribution in [-0.4, -0.2) is 29.0 Å². The van der Waals surface area contributed by atoms with E-state index in [0.717, 1.165) is 22.4 Å². The molecule has 0 radical (unpaired) electrons. The Bertz CT molecular complexity index is 1420. The number of sulfonamides is 1. The predicted molar refractivity (Wildman–Crippen MR) is 125 cm³/mol. The summed E-state index contributed by atoms with van der Waals surface area (Å²) in [5.74, 6) is -0.475. The fourth-order valence-electron chi connectivity index (χ4n) is 3.56. The van der Waals surface area contributed by atoms with Crippen molar-refractivity contribution < 1.29 is 17.6 Å². The maximum atomic E-state index is 13.6. The van der Waals surface area contributed by atoms with Crippen molar-refractivity contribution in [2.75, 3.05) is 0 Å². The maximum Gasteiger partial charge on any atom is 0.238 e. The van der Waals surface area contributed by atoms with Crippen LogP contribution in [0.4, 0.5) is 4.39 Å². The van der Waals surface area contributed by atoms with Crippen molar-refractivity contribution in [3.8, 4) is 16.4 Å². The van der Waals surface area contributed by atoms with E-state index in [4.69, 9.17) is 10.2 Å². The van der Waals surface area contributed by atoms with E-state index in [2.05, 4.69) is 4.98 Å². The highest BCUT2D eigenvalue weighted by molar-refractivity contribution is 7.89. The molecular formula is C23H21FN4O3S2. The third-order valence-electron chi connectivity index (χ3n) is 5.21. The average molecular weight is 485 g/mol. The van der Waals surface area contributed by atoms with E-state index >= 15 is 0 Å². The second-order valence-electron chi connectivity index (χ2n) is 7.48. The molecule has 0 spiro atoms. The van der Waals surface area contributed by atoms with Gasteiger partial charge in [0.25, 0.3) is 0 Å². The van der Waals surface area contributed by atoms with Gasteiger partial charge in [0.05, 0.1) is 16.3 Å². The lowest BCUT2D eigenvalue weighted by Gasteiger charge is -2.08. The van der Waals surface area contributed by atoms with Crippen molar-refractivity contribution in [2.24, 2.45) is 5.14 Å². The summed E-state index contributed by atoms with van der Waals surface area (Å²) in [6.45, 7) is 3.46. The average Bonchev–Trinajstić information content (AvgIpc) is 3.39. The Morgan fingerprint density at radius 1 is 1.12 bits per heavy atom. The smallest absolute Gasteiger partial charge is 0.238 e. The number of thiazole rings is 1. The summed E-state index contributed by atoms with van der Waals surface area (Å²) in [5.41, 5.74) is 4.45. The van der Waals surface area contributed by atoms with Crippen molar-refractivity contribution >= 4 is 27.1 Å². The Balaban J connectivity index is 1.85. The minimum Gasteiger partial charge on any atom is -0.293 e. The zero-order valence-electron chi connectivity index (χ0n) is 17.9. The summed E-state index contributed by atoms with van der Waals surface area (Å²) in [6, 6.07) is 12.4. The molecule has 4 aromatic rings. The fraction of sp³-hybridized carbons (Fsp3) is 0.174. The van der Waals surface area contributed by atoms with E-state index in [0.29, 0.717) is 29.4 Å². The van der Waals surface area contributed by atoms with Gasteiger partial charge < -0.3 is 0 Å². The second kappa shape index (κ2) is 8.97. The predicted octanol–water partition coefficient (Wildman–Crippen LogP) is 4.14. The van der Waals surface area contributed by atoms with Gasteiger partial charge in [-0.2, -0.15) is 5.10 Å². The van der Waals surface area contributed by atoms with Gasteiger partial charge in [-0.15, -0.1) is 11.3 Å². The van der Waals surface area contributed by atoms with E-state index in [1.807, 2.05) is 6.92 Å². The van der Waals surface area contributed by atoms with Gasteiger partial charge in [0.2, 0.25) is 15.2 Å². The van der Waals surface area contributed by atoms with Gasteiger partial charge >= 0.3 is 0 Å². The molecule has 0 saturated carbocycles. The molecule has 0 aliphatic carbocycles. The van der Waals surface area contributed by atoms with Crippen LogP contribution in [-0.2, 0) is 22.9 Å². The van der Waals surface area contributed by atoms with Crippen LogP contribution in [0.2, 0.25) is 0 Å². The van der Waals surface area contributed by atoms with Crippen LogP contribution in [0, 0.1) is 5.82 Å². The Labute approximate surface area is 194 Å². The first-order chi connectivity index (χ1) is 15.7. The molecule has 2 aromatic carbocycles. The van der Waals surface area contributed by atoms with Crippen LogP contribution in [0.3, 0.4) is 0 Å². The lowest BCUT2D eigenvalue weighted by atomic mass is 9.98. The van der Waals surface area contributed by atoms with Gasteiger partial charge in [-0.3, -0.25) is 4.79 Å². The van der Waals surface area contributed by atoms with Gasteiger partial charge in [-0.05, 0) is 48.4 Å². The fourth-order valence-corrected chi connectivity index (χ4v) is 4.91. The Kier molecular flexibility index (Phi) is 6.24. The van der Waals surface area contributed by atoms with Crippen molar-refractivity contribution in [3.05, 3.63) is 82.2 Å². The lowest BCUT2D eigenvalue weighted by molar-refractivity contribution is 0.101. The molecular weight excluding hydrogens is 463 g/mol. The number of carbonyl (C=O) groups is 1. The summed E-state index contributed by atoms with van der Waals surface area (Å²) < 4.78 is 38.4. The topological polar surface area (TPSA) is 108 Å². The minimum absolute atomic E-state index is 0.0379. The number of nitrogens with zero attached hydrogens (tertiary/aromatic N) is 3.